The van der Waals surface area contributed by atoms with Crippen LogP contribution in [0, 0.1) is 11.8 Å². The molecule has 1 rings (SSSR count). The number of carbonyl (C=O) groups excluding carboxylic acids is 2. The van der Waals surface area contributed by atoms with Crippen LogP contribution in [-0.4, -0.2) is 74.7 Å². The van der Waals surface area contributed by atoms with Gasteiger partial charge < -0.3 is 34.6 Å². The molecule has 0 heterocycles. The van der Waals surface area contributed by atoms with Crippen molar-refractivity contribution in [2.24, 2.45) is 11.8 Å². The van der Waals surface area contributed by atoms with Crippen LogP contribution >= 0.6 is 7.82 Å². The van der Waals surface area contributed by atoms with Crippen molar-refractivity contribution in [2.45, 2.75) is 160 Å². The molecule has 12 heteroatoms. The normalized spacial score (nSPS) is 21.0. The highest BCUT2D eigenvalue weighted by Gasteiger charge is 2.39. The second-order valence-electron chi connectivity index (χ2n) is 13.5. The Kier molecular flexibility index (Phi) is 27.0. The Morgan fingerprint density at radius 2 is 1.43 bits per heavy atom. The summed E-state index contributed by atoms with van der Waals surface area (Å²) in [6.07, 6.45) is 28.2. The summed E-state index contributed by atoms with van der Waals surface area (Å²) in [5, 5.41) is 31.1. The fraction of sp³-hybridized carbons (Fsp3) is 0.744. The van der Waals surface area contributed by atoms with Gasteiger partial charge in [-0.2, -0.15) is 0 Å². The van der Waals surface area contributed by atoms with Gasteiger partial charge in [-0.3, -0.25) is 14.1 Å². The first-order chi connectivity index (χ1) is 24.5. The molecule has 0 bridgehead atoms. The monoisotopic (exact) mass is 742 g/mol. The van der Waals surface area contributed by atoms with Crippen molar-refractivity contribution in [2.75, 3.05) is 13.2 Å². The first-order valence-corrected chi connectivity index (χ1v) is 20.7. The van der Waals surface area contributed by atoms with Gasteiger partial charge in [-0.05, 0) is 57.3 Å². The highest BCUT2D eigenvalue weighted by molar-refractivity contribution is 7.46. The van der Waals surface area contributed by atoms with Gasteiger partial charge in [0, 0.05) is 18.8 Å². The van der Waals surface area contributed by atoms with Crippen LogP contribution in [0.25, 0.3) is 0 Å². The van der Waals surface area contributed by atoms with Gasteiger partial charge in [0.1, 0.15) is 6.61 Å². The van der Waals surface area contributed by atoms with Gasteiger partial charge in [0.25, 0.3) is 0 Å². The van der Waals surface area contributed by atoms with E-state index in [1.54, 1.807) is 24.3 Å². The first kappa shape index (κ1) is 46.9. The van der Waals surface area contributed by atoms with E-state index in [-0.39, 0.29) is 31.1 Å². The van der Waals surface area contributed by atoms with Crippen molar-refractivity contribution in [3.05, 3.63) is 48.6 Å². The molecule has 294 valence electrons. The molecule has 0 spiro atoms. The van der Waals surface area contributed by atoms with Crippen LogP contribution in [0.5, 0.6) is 0 Å². The van der Waals surface area contributed by atoms with E-state index in [2.05, 4.69) is 42.7 Å². The number of allylic oxidation sites excluding steroid dienone is 5. The summed E-state index contributed by atoms with van der Waals surface area (Å²) in [5.74, 6) is -1.81. The smallest absolute Gasteiger partial charge is 0.461 e. The van der Waals surface area contributed by atoms with E-state index < -0.39 is 57.4 Å². The molecule has 0 unspecified atom stereocenters. The Morgan fingerprint density at radius 3 is 2.12 bits per heavy atom. The summed E-state index contributed by atoms with van der Waals surface area (Å²) < 4.78 is 26.2. The van der Waals surface area contributed by atoms with Gasteiger partial charge in [0.2, 0.25) is 0 Å². The van der Waals surface area contributed by atoms with Crippen molar-refractivity contribution in [3.8, 4) is 0 Å². The SMILES string of the molecule is CCCCC/C=C\C/C=C\CCCCCCCC(=O)O[C@H](COC(=O)C/C=C\C[C@H]1[C@@H](/C=C/[C@H](O)CCCCC)[C@H](O)C[C@@H]1O)COP(=O)(O)O. The average molecular weight is 743 g/mol. The van der Waals surface area contributed by atoms with E-state index in [4.69, 9.17) is 19.3 Å². The minimum absolute atomic E-state index is 0.117. The Hall–Kier alpha value is -2.11. The van der Waals surface area contributed by atoms with Crippen LogP contribution in [0.3, 0.4) is 0 Å². The minimum Gasteiger partial charge on any atom is -0.461 e. The van der Waals surface area contributed by atoms with Crippen molar-refractivity contribution < 1.29 is 53.3 Å². The fourth-order valence-corrected chi connectivity index (χ4v) is 6.32. The van der Waals surface area contributed by atoms with Crippen LogP contribution in [0.2, 0.25) is 0 Å². The molecule has 0 aromatic heterocycles. The summed E-state index contributed by atoms with van der Waals surface area (Å²) in [4.78, 5) is 43.0. The third-order valence-electron chi connectivity index (χ3n) is 8.92. The van der Waals surface area contributed by atoms with Crippen molar-refractivity contribution in [3.63, 3.8) is 0 Å². The molecule has 0 aromatic rings. The maximum atomic E-state index is 12.4. The molecule has 1 fully saturated rings. The summed E-state index contributed by atoms with van der Waals surface area (Å²) >= 11 is 0. The van der Waals surface area contributed by atoms with E-state index in [1.807, 2.05) is 0 Å². The van der Waals surface area contributed by atoms with Crippen LogP contribution in [0.4, 0.5) is 0 Å². The molecule has 0 radical (unpaired) electrons. The van der Waals surface area contributed by atoms with E-state index in [9.17, 15) is 29.5 Å². The lowest BCUT2D eigenvalue weighted by Crippen LogP contribution is -2.29. The van der Waals surface area contributed by atoms with E-state index >= 15 is 0 Å². The molecule has 6 atom stereocenters. The van der Waals surface area contributed by atoms with Gasteiger partial charge >= 0.3 is 19.8 Å². The highest BCUT2D eigenvalue weighted by Crippen LogP contribution is 2.37. The second-order valence-corrected chi connectivity index (χ2v) is 14.8. The minimum atomic E-state index is -4.84. The number of aliphatic hydroxyl groups is 3. The number of esters is 2. The lowest BCUT2D eigenvalue weighted by atomic mass is 9.89. The molecule has 1 aliphatic rings. The standard InChI is InChI=1S/C39H67O11P/c1-3-5-7-8-9-10-11-12-13-14-15-16-17-18-20-26-39(44)50-33(31-49-51(45,46)47)30-48-38(43)25-22-21-24-34-35(37(42)29-36(34)41)28-27-32(40)23-19-6-4-2/h9-10,12-13,21-22,27-28,32-37,40-42H,3-8,11,14-20,23-26,29-31H2,1-2H3,(H2,45,46,47)/b10-9-,13-12-,22-21-,28-27+/t32-,33-,34+,35-,36+,37-/m1/s1. The van der Waals surface area contributed by atoms with Gasteiger partial charge in [-0.1, -0.05) is 114 Å². The number of unbranched alkanes of at least 4 members (excludes halogenated alkanes) is 10. The van der Waals surface area contributed by atoms with Gasteiger partial charge in [-0.25, -0.2) is 4.57 Å². The largest absolute Gasteiger partial charge is 0.469 e. The Balaban J connectivity index is 2.39. The van der Waals surface area contributed by atoms with Crippen molar-refractivity contribution in [1.29, 1.82) is 0 Å². The summed E-state index contributed by atoms with van der Waals surface area (Å²) in [5.41, 5.74) is 0. The molecule has 0 aliphatic heterocycles. The van der Waals surface area contributed by atoms with Crippen LogP contribution in [0.15, 0.2) is 48.6 Å². The molecule has 0 amide bonds. The molecule has 11 nitrogen and oxygen atoms in total. The highest BCUT2D eigenvalue weighted by atomic mass is 31.2. The van der Waals surface area contributed by atoms with E-state index in [0.717, 1.165) is 64.2 Å². The molecular formula is C39H67O11P. The number of hydrogen-bond acceptors (Lipinski definition) is 9. The topological polar surface area (TPSA) is 180 Å². The zero-order chi connectivity index (χ0) is 37.7. The molecule has 1 saturated carbocycles. The van der Waals surface area contributed by atoms with Crippen molar-refractivity contribution >= 4 is 19.8 Å². The summed E-state index contributed by atoms with van der Waals surface area (Å²) in [6, 6.07) is 0. The number of phosphoric acid groups is 1. The zero-order valence-electron chi connectivity index (χ0n) is 31.1. The zero-order valence-corrected chi connectivity index (χ0v) is 32.0. The predicted molar refractivity (Wildman–Crippen MR) is 199 cm³/mol. The van der Waals surface area contributed by atoms with Gasteiger partial charge in [0.05, 0.1) is 31.3 Å². The first-order valence-electron chi connectivity index (χ1n) is 19.2. The number of carbonyl (C=O) groups is 2. The predicted octanol–water partition coefficient (Wildman–Crippen LogP) is 7.56. The summed E-state index contributed by atoms with van der Waals surface area (Å²) in [7, 11) is -4.84. The molecule has 5 N–H and O–H groups in total. The van der Waals surface area contributed by atoms with Crippen molar-refractivity contribution in [1.82, 2.24) is 0 Å². The Labute approximate surface area is 306 Å². The van der Waals surface area contributed by atoms with Crippen LogP contribution in [-0.2, 0) is 28.2 Å². The Morgan fingerprint density at radius 1 is 0.784 bits per heavy atom. The number of ether oxygens (including phenoxy) is 2. The number of hydrogen-bond donors (Lipinski definition) is 5. The third kappa shape index (κ3) is 25.5. The molecule has 51 heavy (non-hydrogen) atoms. The molecule has 1 aliphatic carbocycles. The molecular weight excluding hydrogens is 675 g/mol. The summed E-state index contributed by atoms with van der Waals surface area (Å²) in [6.45, 7) is 3.24. The quantitative estimate of drug-likeness (QED) is 0.0212. The number of rotatable bonds is 30. The van der Waals surface area contributed by atoms with E-state index in [0.29, 0.717) is 19.3 Å². The lowest BCUT2D eigenvalue weighted by molar-refractivity contribution is -0.160. The molecule has 0 saturated heterocycles. The maximum absolute atomic E-state index is 12.4. The maximum Gasteiger partial charge on any atom is 0.469 e. The lowest BCUT2D eigenvalue weighted by Gasteiger charge is -2.19. The van der Waals surface area contributed by atoms with E-state index in [1.165, 1.54) is 19.3 Å². The average Bonchev–Trinajstić information content (AvgIpc) is 3.35. The van der Waals surface area contributed by atoms with Gasteiger partial charge in [0.15, 0.2) is 6.10 Å². The number of aliphatic hydroxyl groups excluding tert-OH is 3. The fourth-order valence-electron chi connectivity index (χ4n) is 5.96. The molecule has 0 aromatic carbocycles. The van der Waals surface area contributed by atoms with Gasteiger partial charge in [-0.15, -0.1) is 0 Å². The van der Waals surface area contributed by atoms with Crippen LogP contribution < -0.4 is 0 Å². The number of phosphoric ester groups is 1. The second kappa shape index (κ2) is 29.4. The third-order valence-corrected chi connectivity index (χ3v) is 9.41. The Bertz CT molecular complexity index is 1080. The van der Waals surface area contributed by atoms with Crippen LogP contribution in [0.1, 0.15) is 136 Å².